The van der Waals surface area contributed by atoms with Crippen molar-refractivity contribution < 1.29 is 8.42 Å². The van der Waals surface area contributed by atoms with Crippen LogP contribution in [0, 0.1) is 0 Å². The Balaban J connectivity index is 1.62. The number of hydrogen-bond acceptors (Lipinski definition) is 5. The summed E-state index contributed by atoms with van der Waals surface area (Å²) in [6.07, 6.45) is 4.88. The molecule has 1 spiro atoms. The largest absolute Gasteiger partial charge is 0.326 e. The van der Waals surface area contributed by atoms with Crippen LogP contribution in [0.1, 0.15) is 32.1 Å². The van der Waals surface area contributed by atoms with Gasteiger partial charge in [0.2, 0.25) is 10.0 Å². The lowest BCUT2D eigenvalue weighted by molar-refractivity contribution is 0.126. The molecule has 1 aromatic heterocycles. The van der Waals surface area contributed by atoms with Crippen molar-refractivity contribution in [3.8, 4) is 0 Å². The summed E-state index contributed by atoms with van der Waals surface area (Å²) in [5, 5.41) is 3.65. The molecule has 1 unspecified atom stereocenters. The second-order valence-corrected chi connectivity index (χ2v) is 8.70. The summed E-state index contributed by atoms with van der Waals surface area (Å²) in [4.78, 5) is 27.8. The fraction of sp³-hybridized carbons (Fsp3) is 0.500. The maximum atomic E-state index is 12.7. The minimum Gasteiger partial charge on any atom is -0.311 e. The number of H-pyrrole nitrogens is 2. The summed E-state index contributed by atoms with van der Waals surface area (Å²) in [5.74, 6) is 0. The number of fused-ring (bicyclic) bond motifs is 1. The first-order valence-electron chi connectivity index (χ1n) is 8.41. The monoisotopic (exact) mass is 364 g/mol. The molecule has 2 fully saturated rings. The van der Waals surface area contributed by atoms with E-state index in [4.69, 9.17) is 0 Å². The molecule has 9 heteroatoms. The van der Waals surface area contributed by atoms with E-state index >= 15 is 0 Å². The van der Waals surface area contributed by atoms with Crippen LogP contribution in [-0.4, -0.2) is 36.5 Å². The van der Waals surface area contributed by atoms with Crippen LogP contribution in [0.5, 0.6) is 0 Å². The molecule has 2 aromatic rings. The first-order chi connectivity index (χ1) is 11.9. The standard InChI is InChI=1S/C16H20N4O4S/c21-14-12-8-11(2-3-13(12)18-15(22)19-14)25(23,24)20-10-4-7-17-16(9-10)5-1-6-16/h2-3,8,10,17,20H,1,4-7,9H2,(H2,18,19,21,22). The Bertz CT molecular complexity index is 1040. The maximum absolute atomic E-state index is 12.7. The third-order valence-corrected chi connectivity index (χ3v) is 6.80. The van der Waals surface area contributed by atoms with Gasteiger partial charge in [0.15, 0.2) is 0 Å². The van der Waals surface area contributed by atoms with Gasteiger partial charge in [0.25, 0.3) is 5.56 Å². The second-order valence-electron chi connectivity index (χ2n) is 6.99. The molecule has 1 aliphatic carbocycles. The minimum atomic E-state index is -3.74. The van der Waals surface area contributed by atoms with E-state index in [1.807, 2.05) is 0 Å². The van der Waals surface area contributed by atoms with Gasteiger partial charge in [-0.25, -0.2) is 17.9 Å². The summed E-state index contributed by atoms with van der Waals surface area (Å²) < 4.78 is 28.2. The average molecular weight is 364 g/mol. The van der Waals surface area contributed by atoms with E-state index in [0.29, 0.717) is 5.52 Å². The second kappa shape index (κ2) is 5.79. The summed E-state index contributed by atoms with van der Waals surface area (Å²) in [6, 6.07) is 4.03. The van der Waals surface area contributed by atoms with Gasteiger partial charge >= 0.3 is 5.69 Å². The molecular weight excluding hydrogens is 344 g/mol. The number of piperidine rings is 1. The molecule has 1 saturated carbocycles. The van der Waals surface area contributed by atoms with Crippen LogP contribution in [0.3, 0.4) is 0 Å². The molecule has 1 aliphatic heterocycles. The highest BCUT2D eigenvalue weighted by molar-refractivity contribution is 7.89. The molecular formula is C16H20N4O4S. The fourth-order valence-electron chi connectivity index (χ4n) is 3.84. The Morgan fingerprint density at radius 1 is 1.16 bits per heavy atom. The van der Waals surface area contributed by atoms with Crippen molar-refractivity contribution in [1.29, 1.82) is 0 Å². The lowest BCUT2D eigenvalue weighted by atomic mass is 9.70. The molecule has 0 radical (unpaired) electrons. The number of aromatic nitrogens is 2. The maximum Gasteiger partial charge on any atom is 0.326 e. The molecule has 1 aromatic carbocycles. The predicted molar refractivity (Wildman–Crippen MR) is 93.1 cm³/mol. The number of rotatable bonds is 3. The SMILES string of the molecule is O=c1[nH]c(=O)c2cc(S(=O)(=O)NC3CCNC4(CCC4)C3)ccc2[nH]1. The zero-order valence-electron chi connectivity index (χ0n) is 13.6. The van der Waals surface area contributed by atoms with Crippen molar-refractivity contribution in [1.82, 2.24) is 20.0 Å². The number of nitrogens with one attached hydrogen (secondary N) is 4. The normalized spacial score (nSPS) is 22.8. The van der Waals surface area contributed by atoms with Crippen LogP contribution in [0.15, 0.2) is 32.7 Å². The zero-order valence-corrected chi connectivity index (χ0v) is 14.4. The van der Waals surface area contributed by atoms with Crippen molar-refractivity contribution >= 4 is 20.9 Å². The lowest BCUT2D eigenvalue weighted by Gasteiger charge is -2.48. The molecule has 8 nitrogen and oxygen atoms in total. The Kier molecular flexibility index (Phi) is 3.82. The Labute approximate surface area is 144 Å². The van der Waals surface area contributed by atoms with E-state index in [1.165, 1.54) is 24.6 Å². The summed E-state index contributed by atoms with van der Waals surface area (Å²) in [5.41, 5.74) is -0.827. The van der Waals surface area contributed by atoms with E-state index < -0.39 is 21.3 Å². The molecule has 0 amide bonds. The topological polar surface area (TPSA) is 124 Å². The van der Waals surface area contributed by atoms with Crippen molar-refractivity contribution in [2.45, 2.75) is 48.6 Å². The average Bonchev–Trinajstić information content (AvgIpc) is 2.52. The van der Waals surface area contributed by atoms with Crippen LogP contribution >= 0.6 is 0 Å². The van der Waals surface area contributed by atoms with E-state index in [9.17, 15) is 18.0 Å². The number of benzene rings is 1. The first-order valence-corrected chi connectivity index (χ1v) is 9.89. The number of aromatic amines is 2. The highest BCUT2D eigenvalue weighted by Crippen LogP contribution is 2.38. The Morgan fingerprint density at radius 2 is 1.96 bits per heavy atom. The summed E-state index contributed by atoms with van der Waals surface area (Å²) in [7, 11) is -3.74. The molecule has 1 saturated heterocycles. The third-order valence-electron chi connectivity index (χ3n) is 5.28. The van der Waals surface area contributed by atoms with Gasteiger partial charge in [-0.3, -0.25) is 9.78 Å². The number of hydrogen-bond donors (Lipinski definition) is 4. The van der Waals surface area contributed by atoms with Crippen LogP contribution in [0.4, 0.5) is 0 Å². The van der Waals surface area contributed by atoms with Crippen molar-refractivity contribution in [3.63, 3.8) is 0 Å². The third kappa shape index (κ3) is 3.03. The van der Waals surface area contributed by atoms with Gasteiger partial charge in [-0.15, -0.1) is 0 Å². The molecule has 0 bridgehead atoms. The summed E-state index contributed by atoms with van der Waals surface area (Å²) in [6.45, 7) is 0.797. The van der Waals surface area contributed by atoms with Gasteiger partial charge in [0, 0.05) is 11.6 Å². The summed E-state index contributed by atoms with van der Waals surface area (Å²) >= 11 is 0. The molecule has 25 heavy (non-hydrogen) atoms. The molecule has 1 atom stereocenters. The van der Waals surface area contributed by atoms with E-state index in [-0.39, 0.29) is 21.9 Å². The highest BCUT2D eigenvalue weighted by Gasteiger charge is 2.41. The van der Waals surface area contributed by atoms with Crippen molar-refractivity contribution in [2.75, 3.05) is 6.54 Å². The lowest BCUT2D eigenvalue weighted by Crippen LogP contribution is -2.59. The van der Waals surface area contributed by atoms with Gasteiger partial charge in [-0.2, -0.15) is 0 Å². The quantitative estimate of drug-likeness (QED) is 0.618. The van der Waals surface area contributed by atoms with E-state index in [0.717, 1.165) is 32.2 Å². The molecule has 134 valence electrons. The predicted octanol–water partition coefficient (Wildman–Crippen LogP) is 0.169. The fourth-order valence-corrected chi connectivity index (χ4v) is 5.14. The number of sulfonamides is 1. The van der Waals surface area contributed by atoms with Crippen LogP contribution in [0.25, 0.3) is 10.9 Å². The van der Waals surface area contributed by atoms with E-state index in [2.05, 4.69) is 20.0 Å². The highest BCUT2D eigenvalue weighted by atomic mass is 32.2. The van der Waals surface area contributed by atoms with Gasteiger partial charge in [-0.1, -0.05) is 0 Å². The van der Waals surface area contributed by atoms with Gasteiger partial charge < -0.3 is 10.3 Å². The molecule has 4 rings (SSSR count). The molecule has 2 heterocycles. The van der Waals surface area contributed by atoms with Gasteiger partial charge in [0.1, 0.15) is 0 Å². The smallest absolute Gasteiger partial charge is 0.311 e. The van der Waals surface area contributed by atoms with Crippen molar-refractivity contribution in [3.05, 3.63) is 39.0 Å². The Hall–Kier alpha value is -1.97. The van der Waals surface area contributed by atoms with Crippen LogP contribution in [0.2, 0.25) is 0 Å². The van der Waals surface area contributed by atoms with Gasteiger partial charge in [0.05, 0.1) is 15.8 Å². The van der Waals surface area contributed by atoms with Crippen molar-refractivity contribution in [2.24, 2.45) is 0 Å². The Morgan fingerprint density at radius 3 is 2.68 bits per heavy atom. The molecule has 2 aliphatic rings. The van der Waals surface area contributed by atoms with E-state index in [1.54, 1.807) is 0 Å². The zero-order chi connectivity index (χ0) is 17.7. The molecule has 4 N–H and O–H groups in total. The van der Waals surface area contributed by atoms with Crippen LogP contribution < -0.4 is 21.3 Å². The van der Waals surface area contributed by atoms with Crippen LogP contribution in [-0.2, 0) is 10.0 Å². The minimum absolute atomic E-state index is 0.0266. The van der Waals surface area contributed by atoms with Gasteiger partial charge in [-0.05, 0) is 56.8 Å². The first kappa shape index (κ1) is 16.5.